The molecule has 102 valence electrons. The predicted molar refractivity (Wildman–Crippen MR) is 74.3 cm³/mol. The van der Waals surface area contributed by atoms with Gasteiger partial charge in [-0.05, 0) is 18.3 Å². The SMILES string of the molecule is CC(C)[C@@H](N)C(=O)NCCC1CCCCC1.Cl. The largest absolute Gasteiger partial charge is 0.355 e. The van der Waals surface area contributed by atoms with Gasteiger partial charge in [0.1, 0.15) is 0 Å². The lowest BCUT2D eigenvalue weighted by Gasteiger charge is -2.22. The van der Waals surface area contributed by atoms with Crippen molar-refractivity contribution in [3.63, 3.8) is 0 Å². The summed E-state index contributed by atoms with van der Waals surface area (Å²) in [4.78, 5) is 11.6. The molecule has 0 aromatic carbocycles. The van der Waals surface area contributed by atoms with Crippen molar-refractivity contribution in [2.45, 2.75) is 58.4 Å². The minimum Gasteiger partial charge on any atom is -0.355 e. The van der Waals surface area contributed by atoms with Gasteiger partial charge in [0.15, 0.2) is 0 Å². The molecule has 17 heavy (non-hydrogen) atoms. The maximum atomic E-state index is 11.6. The Morgan fingerprint density at radius 3 is 2.41 bits per heavy atom. The van der Waals surface area contributed by atoms with Crippen molar-refractivity contribution < 1.29 is 4.79 Å². The molecule has 1 rings (SSSR count). The lowest BCUT2D eigenvalue weighted by molar-refractivity contribution is -0.123. The second-order valence-electron chi connectivity index (χ2n) is 5.35. The number of carbonyl (C=O) groups excluding carboxylic acids is 1. The number of rotatable bonds is 5. The molecule has 0 aliphatic heterocycles. The van der Waals surface area contributed by atoms with Crippen molar-refractivity contribution >= 4 is 18.3 Å². The summed E-state index contributed by atoms with van der Waals surface area (Å²) in [5.74, 6) is 1.05. The molecule has 0 radical (unpaired) electrons. The van der Waals surface area contributed by atoms with Crippen molar-refractivity contribution in [1.29, 1.82) is 0 Å². The van der Waals surface area contributed by atoms with Crippen LogP contribution in [0.3, 0.4) is 0 Å². The Bertz CT molecular complexity index is 215. The van der Waals surface area contributed by atoms with Gasteiger partial charge in [0.25, 0.3) is 0 Å². The highest BCUT2D eigenvalue weighted by Crippen LogP contribution is 2.25. The summed E-state index contributed by atoms with van der Waals surface area (Å²) < 4.78 is 0. The molecule has 1 aliphatic carbocycles. The normalized spacial score (nSPS) is 18.6. The van der Waals surface area contributed by atoms with Crippen LogP contribution in [0, 0.1) is 11.8 Å². The zero-order chi connectivity index (χ0) is 12.0. The fourth-order valence-electron chi connectivity index (χ4n) is 2.30. The fraction of sp³-hybridized carbons (Fsp3) is 0.923. The molecule has 0 heterocycles. The van der Waals surface area contributed by atoms with E-state index < -0.39 is 0 Å². The van der Waals surface area contributed by atoms with Gasteiger partial charge in [-0.2, -0.15) is 0 Å². The van der Waals surface area contributed by atoms with Crippen molar-refractivity contribution in [3.8, 4) is 0 Å². The maximum Gasteiger partial charge on any atom is 0.237 e. The first-order valence-electron chi connectivity index (χ1n) is 6.64. The lowest BCUT2D eigenvalue weighted by atomic mass is 9.87. The Morgan fingerprint density at radius 2 is 1.88 bits per heavy atom. The molecule has 1 fully saturated rings. The van der Waals surface area contributed by atoms with E-state index in [2.05, 4.69) is 5.32 Å². The molecule has 0 spiro atoms. The van der Waals surface area contributed by atoms with Gasteiger partial charge in [-0.15, -0.1) is 12.4 Å². The topological polar surface area (TPSA) is 55.1 Å². The van der Waals surface area contributed by atoms with Crippen molar-refractivity contribution in [3.05, 3.63) is 0 Å². The number of halogens is 1. The minimum atomic E-state index is -0.355. The molecule has 0 bridgehead atoms. The number of nitrogens with one attached hydrogen (secondary N) is 1. The van der Waals surface area contributed by atoms with E-state index in [1.807, 2.05) is 13.8 Å². The highest BCUT2D eigenvalue weighted by atomic mass is 35.5. The molecule has 1 amide bonds. The third kappa shape index (κ3) is 6.27. The first kappa shape index (κ1) is 16.7. The van der Waals surface area contributed by atoms with Gasteiger partial charge < -0.3 is 11.1 Å². The summed E-state index contributed by atoms with van der Waals surface area (Å²) in [6.07, 6.45) is 7.92. The van der Waals surface area contributed by atoms with E-state index in [0.717, 1.165) is 18.9 Å². The van der Waals surface area contributed by atoms with Gasteiger partial charge >= 0.3 is 0 Å². The second kappa shape index (κ2) is 8.76. The van der Waals surface area contributed by atoms with Gasteiger partial charge in [0.2, 0.25) is 5.91 Å². The van der Waals surface area contributed by atoms with E-state index in [1.165, 1.54) is 32.1 Å². The molecule has 4 heteroatoms. The Labute approximate surface area is 111 Å². The Hall–Kier alpha value is -0.280. The molecule has 1 saturated carbocycles. The summed E-state index contributed by atoms with van der Waals surface area (Å²) in [5, 5.41) is 2.95. The van der Waals surface area contributed by atoms with Crippen LogP contribution in [-0.4, -0.2) is 18.5 Å². The minimum absolute atomic E-state index is 0. The monoisotopic (exact) mass is 262 g/mol. The fourth-order valence-corrected chi connectivity index (χ4v) is 2.30. The van der Waals surface area contributed by atoms with E-state index in [9.17, 15) is 4.79 Å². The number of amides is 1. The quantitative estimate of drug-likeness (QED) is 0.800. The van der Waals surface area contributed by atoms with Gasteiger partial charge in [0, 0.05) is 6.54 Å². The van der Waals surface area contributed by atoms with Gasteiger partial charge in [0.05, 0.1) is 6.04 Å². The first-order valence-corrected chi connectivity index (χ1v) is 6.64. The number of carbonyl (C=O) groups is 1. The molecule has 0 aromatic rings. The summed E-state index contributed by atoms with van der Waals surface area (Å²) in [7, 11) is 0. The van der Waals surface area contributed by atoms with Crippen LogP contribution in [0.15, 0.2) is 0 Å². The Morgan fingerprint density at radius 1 is 1.29 bits per heavy atom. The number of nitrogens with two attached hydrogens (primary N) is 1. The zero-order valence-electron chi connectivity index (χ0n) is 11.1. The number of hydrogen-bond donors (Lipinski definition) is 2. The lowest BCUT2D eigenvalue weighted by Crippen LogP contribution is -2.44. The summed E-state index contributed by atoms with van der Waals surface area (Å²) in [6.45, 7) is 4.75. The molecular weight excluding hydrogens is 236 g/mol. The summed E-state index contributed by atoms with van der Waals surface area (Å²) in [6, 6.07) is -0.355. The van der Waals surface area contributed by atoms with Crippen LogP contribution < -0.4 is 11.1 Å². The van der Waals surface area contributed by atoms with Crippen molar-refractivity contribution in [2.75, 3.05) is 6.54 Å². The van der Waals surface area contributed by atoms with Crippen LogP contribution in [0.25, 0.3) is 0 Å². The first-order chi connectivity index (χ1) is 7.61. The van der Waals surface area contributed by atoms with Crippen molar-refractivity contribution in [2.24, 2.45) is 17.6 Å². The van der Waals surface area contributed by atoms with Crippen LogP contribution in [0.4, 0.5) is 0 Å². The third-order valence-corrected chi connectivity index (χ3v) is 3.60. The number of hydrogen-bond acceptors (Lipinski definition) is 2. The molecule has 0 unspecified atom stereocenters. The molecule has 3 nitrogen and oxygen atoms in total. The molecule has 0 aromatic heterocycles. The van der Waals surface area contributed by atoms with Crippen LogP contribution in [0.5, 0.6) is 0 Å². The highest BCUT2D eigenvalue weighted by molar-refractivity contribution is 5.85. The zero-order valence-corrected chi connectivity index (χ0v) is 11.9. The molecule has 0 saturated heterocycles. The van der Waals surface area contributed by atoms with E-state index in [1.54, 1.807) is 0 Å². The highest BCUT2D eigenvalue weighted by Gasteiger charge is 2.17. The maximum absolute atomic E-state index is 11.6. The Balaban J connectivity index is 0.00000256. The standard InChI is InChI=1S/C13H26N2O.ClH/c1-10(2)12(14)13(16)15-9-8-11-6-4-3-5-7-11;/h10-12H,3-9,14H2,1-2H3,(H,15,16);1H/t12-;/m1./s1. The predicted octanol–water partition coefficient (Wildman–Crippen LogP) is 2.48. The smallest absolute Gasteiger partial charge is 0.237 e. The summed E-state index contributed by atoms with van der Waals surface area (Å²) in [5.41, 5.74) is 5.77. The Kier molecular flexibility index (Phi) is 8.61. The van der Waals surface area contributed by atoms with Gasteiger partial charge in [-0.1, -0.05) is 46.0 Å². The van der Waals surface area contributed by atoms with E-state index in [4.69, 9.17) is 5.73 Å². The summed E-state index contributed by atoms with van der Waals surface area (Å²) >= 11 is 0. The molecule has 1 aliphatic rings. The molecule has 1 atom stereocenters. The third-order valence-electron chi connectivity index (χ3n) is 3.60. The molecule has 3 N–H and O–H groups in total. The van der Waals surface area contributed by atoms with Crippen LogP contribution in [0.1, 0.15) is 52.4 Å². The van der Waals surface area contributed by atoms with E-state index >= 15 is 0 Å². The van der Waals surface area contributed by atoms with E-state index in [-0.39, 0.29) is 30.3 Å². The average molecular weight is 263 g/mol. The van der Waals surface area contributed by atoms with Crippen LogP contribution in [0.2, 0.25) is 0 Å². The van der Waals surface area contributed by atoms with Crippen LogP contribution >= 0.6 is 12.4 Å². The second-order valence-corrected chi connectivity index (χ2v) is 5.35. The van der Waals surface area contributed by atoms with Gasteiger partial charge in [-0.25, -0.2) is 0 Å². The van der Waals surface area contributed by atoms with Crippen molar-refractivity contribution in [1.82, 2.24) is 5.32 Å². The van der Waals surface area contributed by atoms with Gasteiger partial charge in [-0.3, -0.25) is 4.79 Å². The molecular formula is C13H27ClN2O. The average Bonchev–Trinajstić information content (AvgIpc) is 2.29. The van der Waals surface area contributed by atoms with Crippen LogP contribution in [-0.2, 0) is 4.79 Å². The van der Waals surface area contributed by atoms with E-state index in [0.29, 0.717) is 0 Å².